The molecular formula is C30H33N3O5S. The Labute approximate surface area is 228 Å². The molecule has 0 radical (unpaired) electrons. The van der Waals surface area contributed by atoms with E-state index in [0.29, 0.717) is 42.9 Å². The predicted octanol–water partition coefficient (Wildman–Crippen LogP) is 4.70. The van der Waals surface area contributed by atoms with E-state index < -0.39 is 26.2 Å². The van der Waals surface area contributed by atoms with Crippen LogP contribution in [-0.2, 0) is 29.1 Å². The lowest BCUT2D eigenvalue weighted by atomic mass is 10.0. The molecule has 4 rings (SSSR count). The first-order valence-corrected chi connectivity index (χ1v) is 14.6. The summed E-state index contributed by atoms with van der Waals surface area (Å²) in [6.07, 6.45) is 4.88. The van der Waals surface area contributed by atoms with Crippen LogP contribution in [0.4, 0.5) is 0 Å². The standard InChI is InChI=1S/C30H33N3O5S/c1-5-8-12-25-31-29(35)28(30(36)33(25)27-21(6-2)10-9-11-22(27)7-3)39(37,38)24-16-14-23(15-17-24)32-19-20(4)13-18-26(32)34/h9-11,13-19,35H,5-8,12H2,1-4H3. The number of pyridine rings is 1. The molecule has 0 bridgehead atoms. The Morgan fingerprint density at radius 1 is 0.897 bits per heavy atom. The Kier molecular flexibility index (Phi) is 8.20. The van der Waals surface area contributed by atoms with E-state index in [1.807, 2.05) is 45.9 Å². The summed E-state index contributed by atoms with van der Waals surface area (Å²) >= 11 is 0. The minimum absolute atomic E-state index is 0.187. The van der Waals surface area contributed by atoms with Gasteiger partial charge in [0.2, 0.25) is 15.7 Å². The number of rotatable bonds is 9. The van der Waals surface area contributed by atoms with Gasteiger partial charge in [0.15, 0.2) is 4.90 Å². The normalized spacial score (nSPS) is 11.6. The largest absolute Gasteiger partial charge is 0.492 e. The van der Waals surface area contributed by atoms with Crippen molar-refractivity contribution in [1.82, 2.24) is 14.1 Å². The summed E-state index contributed by atoms with van der Waals surface area (Å²) in [5.74, 6) is -0.489. The molecule has 0 atom stereocenters. The molecule has 4 aromatic rings. The van der Waals surface area contributed by atoms with Gasteiger partial charge in [0.25, 0.3) is 11.1 Å². The van der Waals surface area contributed by atoms with Crippen molar-refractivity contribution in [1.29, 1.82) is 0 Å². The molecule has 8 nitrogen and oxygen atoms in total. The highest BCUT2D eigenvalue weighted by atomic mass is 32.2. The number of aromatic hydroxyl groups is 1. The zero-order valence-electron chi connectivity index (χ0n) is 22.6. The van der Waals surface area contributed by atoms with Crippen molar-refractivity contribution in [2.75, 3.05) is 0 Å². The van der Waals surface area contributed by atoms with Gasteiger partial charge in [-0.1, -0.05) is 51.5 Å². The van der Waals surface area contributed by atoms with E-state index in [-0.39, 0.29) is 10.5 Å². The van der Waals surface area contributed by atoms with Crippen molar-refractivity contribution in [2.45, 2.75) is 69.6 Å². The van der Waals surface area contributed by atoms with Crippen LogP contribution in [0.3, 0.4) is 0 Å². The number of aromatic nitrogens is 3. The van der Waals surface area contributed by atoms with Gasteiger partial charge in [0.05, 0.1) is 10.6 Å². The first-order valence-electron chi connectivity index (χ1n) is 13.1. The van der Waals surface area contributed by atoms with E-state index in [2.05, 4.69) is 4.98 Å². The fraction of sp³-hybridized carbons (Fsp3) is 0.300. The third-order valence-electron chi connectivity index (χ3n) is 6.79. The highest BCUT2D eigenvalue weighted by molar-refractivity contribution is 7.91. The third-order valence-corrected chi connectivity index (χ3v) is 8.58. The molecule has 2 heterocycles. The van der Waals surface area contributed by atoms with Crippen molar-refractivity contribution in [3.63, 3.8) is 0 Å². The van der Waals surface area contributed by atoms with E-state index in [1.165, 1.54) is 39.5 Å². The lowest BCUT2D eigenvalue weighted by Gasteiger charge is -2.20. The maximum absolute atomic E-state index is 14.0. The van der Waals surface area contributed by atoms with Crippen LogP contribution in [0.5, 0.6) is 5.88 Å². The summed E-state index contributed by atoms with van der Waals surface area (Å²) in [6, 6.07) is 14.5. The molecule has 1 N–H and O–H groups in total. The van der Waals surface area contributed by atoms with Gasteiger partial charge in [0, 0.05) is 24.4 Å². The summed E-state index contributed by atoms with van der Waals surface area (Å²) in [7, 11) is -4.46. The van der Waals surface area contributed by atoms with E-state index in [0.717, 1.165) is 23.1 Å². The Morgan fingerprint density at radius 3 is 2.13 bits per heavy atom. The van der Waals surface area contributed by atoms with Gasteiger partial charge < -0.3 is 5.11 Å². The fourth-order valence-electron chi connectivity index (χ4n) is 4.71. The zero-order chi connectivity index (χ0) is 28.3. The molecule has 204 valence electrons. The minimum Gasteiger partial charge on any atom is -0.492 e. The van der Waals surface area contributed by atoms with Gasteiger partial charge in [-0.3, -0.25) is 18.7 Å². The van der Waals surface area contributed by atoms with Crippen LogP contribution in [0.25, 0.3) is 11.4 Å². The smallest absolute Gasteiger partial charge is 0.281 e. The van der Waals surface area contributed by atoms with Crippen LogP contribution in [-0.4, -0.2) is 27.6 Å². The summed E-state index contributed by atoms with van der Waals surface area (Å²) in [4.78, 5) is 29.7. The molecule has 2 aromatic heterocycles. The molecule has 39 heavy (non-hydrogen) atoms. The molecule has 2 aromatic carbocycles. The molecule has 0 aliphatic carbocycles. The fourth-order valence-corrected chi connectivity index (χ4v) is 6.04. The second-order valence-corrected chi connectivity index (χ2v) is 11.4. The molecular weight excluding hydrogens is 514 g/mol. The van der Waals surface area contributed by atoms with Gasteiger partial charge in [-0.2, -0.15) is 4.98 Å². The number of para-hydroxylation sites is 1. The number of sulfone groups is 1. The predicted molar refractivity (Wildman–Crippen MR) is 151 cm³/mol. The Morgan fingerprint density at radius 2 is 1.54 bits per heavy atom. The van der Waals surface area contributed by atoms with Gasteiger partial charge in [-0.15, -0.1) is 0 Å². The van der Waals surface area contributed by atoms with Crippen LogP contribution < -0.4 is 11.1 Å². The van der Waals surface area contributed by atoms with Crippen molar-refractivity contribution in [3.05, 3.63) is 104 Å². The zero-order valence-corrected chi connectivity index (χ0v) is 23.5. The van der Waals surface area contributed by atoms with Crippen LogP contribution in [0.1, 0.15) is 56.1 Å². The third kappa shape index (κ3) is 5.31. The summed E-state index contributed by atoms with van der Waals surface area (Å²) < 4.78 is 30.3. The number of aryl methyl sites for hydroxylation is 4. The van der Waals surface area contributed by atoms with Crippen LogP contribution >= 0.6 is 0 Å². The number of hydrogen-bond donors (Lipinski definition) is 1. The van der Waals surface area contributed by atoms with Gasteiger partial charge in [0.1, 0.15) is 5.82 Å². The SMILES string of the molecule is CCCCc1nc(O)c(S(=O)(=O)c2ccc(-n3cc(C)ccc3=O)cc2)c(=O)n1-c1c(CC)cccc1CC. The minimum atomic E-state index is -4.46. The van der Waals surface area contributed by atoms with Crippen molar-refractivity contribution in [2.24, 2.45) is 0 Å². The molecule has 0 saturated heterocycles. The number of nitrogens with zero attached hydrogens (tertiary/aromatic N) is 3. The first-order chi connectivity index (χ1) is 18.6. The first kappa shape index (κ1) is 28.0. The van der Waals surface area contributed by atoms with Crippen molar-refractivity contribution >= 4 is 9.84 Å². The monoisotopic (exact) mass is 547 g/mol. The highest BCUT2D eigenvalue weighted by Crippen LogP contribution is 2.29. The molecule has 0 fully saturated rings. The average molecular weight is 548 g/mol. The summed E-state index contributed by atoms with van der Waals surface area (Å²) in [6.45, 7) is 7.80. The summed E-state index contributed by atoms with van der Waals surface area (Å²) in [5.41, 5.74) is 2.65. The average Bonchev–Trinajstić information content (AvgIpc) is 2.92. The number of unbranched alkanes of at least 4 members (excludes halogenated alkanes) is 1. The van der Waals surface area contributed by atoms with E-state index >= 15 is 0 Å². The maximum Gasteiger partial charge on any atom is 0.281 e. The molecule has 0 spiro atoms. The van der Waals surface area contributed by atoms with Crippen LogP contribution in [0.15, 0.2) is 80.2 Å². The molecule has 0 unspecified atom stereocenters. The Bertz CT molecular complexity index is 1710. The lowest BCUT2D eigenvalue weighted by molar-refractivity contribution is 0.424. The second kappa shape index (κ2) is 11.4. The van der Waals surface area contributed by atoms with Crippen LogP contribution in [0.2, 0.25) is 0 Å². The highest BCUT2D eigenvalue weighted by Gasteiger charge is 2.31. The van der Waals surface area contributed by atoms with Crippen molar-refractivity contribution < 1.29 is 13.5 Å². The molecule has 0 aliphatic rings. The van der Waals surface area contributed by atoms with E-state index in [4.69, 9.17) is 0 Å². The van der Waals surface area contributed by atoms with Gasteiger partial charge in [-0.25, -0.2) is 8.42 Å². The molecule has 0 aliphatic heterocycles. The van der Waals surface area contributed by atoms with Crippen molar-refractivity contribution in [3.8, 4) is 17.3 Å². The van der Waals surface area contributed by atoms with Gasteiger partial charge >= 0.3 is 0 Å². The number of benzene rings is 2. The Hall–Kier alpha value is -3.98. The maximum atomic E-state index is 14.0. The van der Waals surface area contributed by atoms with Gasteiger partial charge in [-0.05, 0) is 67.1 Å². The molecule has 0 amide bonds. The van der Waals surface area contributed by atoms with E-state index in [9.17, 15) is 23.1 Å². The second-order valence-electron chi connectivity index (χ2n) is 9.47. The van der Waals surface area contributed by atoms with E-state index in [1.54, 1.807) is 12.3 Å². The Balaban J connectivity index is 1.94. The molecule has 9 heteroatoms. The van der Waals surface area contributed by atoms with Crippen LogP contribution in [0, 0.1) is 6.92 Å². The lowest BCUT2D eigenvalue weighted by Crippen LogP contribution is -2.30. The molecule has 0 saturated carbocycles. The quantitative estimate of drug-likeness (QED) is 0.325. The summed E-state index contributed by atoms with van der Waals surface area (Å²) in [5, 5.41) is 10.8. The number of hydrogen-bond acceptors (Lipinski definition) is 6. The topological polar surface area (TPSA) is 111 Å².